The molecule has 1 N–H and O–H groups in total. The van der Waals surface area contributed by atoms with Crippen molar-refractivity contribution in [2.75, 3.05) is 6.54 Å². The molecule has 0 spiro atoms. The Morgan fingerprint density at radius 2 is 2.00 bits per heavy atom. The number of hydrogen-bond acceptors (Lipinski definition) is 5. The van der Waals surface area contributed by atoms with Gasteiger partial charge in [-0.3, -0.25) is 4.79 Å². The van der Waals surface area contributed by atoms with Gasteiger partial charge in [0.05, 0.1) is 0 Å². The topological polar surface area (TPSA) is 55.1 Å². The van der Waals surface area contributed by atoms with Gasteiger partial charge in [-0.25, -0.2) is 9.37 Å². The molecule has 0 aliphatic rings. The van der Waals surface area contributed by atoms with Crippen LogP contribution in [0.5, 0.6) is 0 Å². The highest BCUT2D eigenvalue weighted by Crippen LogP contribution is 2.33. The molecule has 0 atom stereocenters. The van der Waals surface area contributed by atoms with E-state index in [4.69, 9.17) is 4.42 Å². The van der Waals surface area contributed by atoms with Crippen molar-refractivity contribution >= 4 is 40.0 Å². The van der Waals surface area contributed by atoms with Crippen molar-refractivity contribution in [2.45, 2.75) is 23.4 Å². The summed E-state index contributed by atoms with van der Waals surface area (Å²) in [5.41, 5.74) is 3.09. The molecule has 148 valence electrons. The minimum atomic E-state index is -0.288. The molecule has 2 aromatic heterocycles. The van der Waals surface area contributed by atoms with Crippen LogP contribution in [0.25, 0.3) is 11.0 Å². The third kappa shape index (κ3) is 4.52. The number of aryl methyl sites for hydroxylation is 1. The first-order valence-electron chi connectivity index (χ1n) is 9.19. The molecule has 4 rings (SSSR count). The highest BCUT2D eigenvalue weighted by Gasteiger charge is 2.21. The van der Waals surface area contributed by atoms with Crippen LogP contribution < -0.4 is 5.32 Å². The second kappa shape index (κ2) is 8.80. The summed E-state index contributed by atoms with van der Waals surface area (Å²) in [5, 5.41) is 5.79. The van der Waals surface area contributed by atoms with E-state index in [9.17, 15) is 9.18 Å². The molecule has 0 saturated carbocycles. The number of rotatable bonds is 7. The Balaban J connectivity index is 1.50. The molecule has 0 aliphatic heterocycles. The number of nitrogens with one attached hydrogen (secondary N) is 1. The Bertz CT molecular complexity index is 1150. The molecule has 0 saturated heterocycles. The molecule has 0 aliphatic carbocycles. The van der Waals surface area contributed by atoms with Crippen molar-refractivity contribution in [3.63, 3.8) is 0 Å². The number of halogens is 1. The van der Waals surface area contributed by atoms with Crippen LogP contribution in [0.4, 0.5) is 4.39 Å². The van der Waals surface area contributed by atoms with Crippen LogP contribution in [0.1, 0.15) is 27.4 Å². The summed E-state index contributed by atoms with van der Waals surface area (Å²) in [6.45, 7) is 2.29. The summed E-state index contributed by atoms with van der Waals surface area (Å²) in [5.74, 6) is 0.338. The summed E-state index contributed by atoms with van der Waals surface area (Å²) < 4.78 is 20.6. The Morgan fingerprint density at radius 3 is 2.79 bits per heavy atom. The minimum absolute atomic E-state index is 0.263. The summed E-state index contributed by atoms with van der Waals surface area (Å²) in [7, 11) is 0. The van der Waals surface area contributed by atoms with Crippen molar-refractivity contribution < 1.29 is 13.6 Å². The number of amides is 1. The van der Waals surface area contributed by atoms with Crippen LogP contribution in [-0.4, -0.2) is 17.4 Å². The smallest absolute Gasteiger partial charge is 0.287 e. The second-order valence-electron chi connectivity index (χ2n) is 6.55. The maximum absolute atomic E-state index is 13.8. The number of para-hydroxylation sites is 1. The average Bonchev–Trinajstić information content (AvgIpc) is 3.31. The van der Waals surface area contributed by atoms with Gasteiger partial charge in [-0.05, 0) is 31.0 Å². The highest BCUT2D eigenvalue weighted by molar-refractivity contribution is 8.00. The highest BCUT2D eigenvalue weighted by atomic mass is 32.2. The van der Waals surface area contributed by atoms with Gasteiger partial charge in [0.15, 0.2) is 5.76 Å². The van der Waals surface area contributed by atoms with Gasteiger partial charge in [0, 0.05) is 34.3 Å². The summed E-state index contributed by atoms with van der Waals surface area (Å²) in [6, 6.07) is 14.2. The van der Waals surface area contributed by atoms with Gasteiger partial charge in [-0.2, -0.15) is 0 Å². The molecule has 0 unspecified atom stereocenters. The second-order valence-corrected chi connectivity index (χ2v) is 8.63. The Hall–Kier alpha value is -2.64. The quantitative estimate of drug-likeness (QED) is 0.391. The lowest BCUT2D eigenvalue weighted by atomic mass is 10.1. The molecule has 2 aromatic carbocycles. The standard InChI is InChI=1S/C22H19FN2O2S2/c1-14-12-28-22(25-14)29-13-17-16-7-3-5-9-19(16)27-20(17)21(26)24-11-10-15-6-2-4-8-18(15)23/h2-9,12H,10-11,13H2,1H3,(H,24,26). The van der Waals surface area contributed by atoms with Crippen LogP contribution in [0, 0.1) is 12.7 Å². The third-order valence-corrected chi connectivity index (χ3v) is 6.65. The SMILES string of the molecule is Cc1csc(SCc2c(C(=O)NCCc3ccccc3F)oc3ccccc23)n1. The number of carbonyl (C=O) groups is 1. The van der Waals surface area contributed by atoms with Crippen LogP contribution >= 0.6 is 23.1 Å². The monoisotopic (exact) mass is 426 g/mol. The van der Waals surface area contributed by atoms with Crippen LogP contribution in [0.3, 0.4) is 0 Å². The van der Waals surface area contributed by atoms with E-state index in [0.29, 0.717) is 35.6 Å². The number of hydrogen-bond donors (Lipinski definition) is 1. The first kappa shape index (κ1) is 19.7. The first-order valence-corrected chi connectivity index (χ1v) is 11.1. The number of aromatic nitrogens is 1. The van der Waals surface area contributed by atoms with E-state index in [1.807, 2.05) is 36.6 Å². The fourth-order valence-corrected chi connectivity index (χ4v) is 4.93. The van der Waals surface area contributed by atoms with Gasteiger partial charge in [0.2, 0.25) is 0 Å². The lowest BCUT2D eigenvalue weighted by Gasteiger charge is -2.06. The molecule has 0 bridgehead atoms. The molecule has 1 amide bonds. The van der Waals surface area contributed by atoms with Crippen LogP contribution in [0.15, 0.2) is 62.7 Å². The maximum Gasteiger partial charge on any atom is 0.287 e. The van der Waals surface area contributed by atoms with E-state index in [1.54, 1.807) is 41.3 Å². The van der Waals surface area contributed by atoms with Gasteiger partial charge in [-0.15, -0.1) is 11.3 Å². The molecule has 7 heteroatoms. The molecule has 0 radical (unpaired) electrons. The summed E-state index contributed by atoms with van der Waals surface area (Å²) >= 11 is 3.17. The van der Waals surface area contributed by atoms with E-state index >= 15 is 0 Å². The molecule has 4 aromatic rings. The zero-order valence-electron chi connectivity index (χ0n) is 15.8. The van der Waals surface area contributed by atoms with Gasteiger partial charge < -0.3 is 9.73 Å². The van der Waals surface area contributed by atoms with Crippen molar-refractivity contribution in [3.8, 4) is 0 Å². The first-order chi connectivity index (χ1) is 14.1. The van der Waals surface area contributed by atoms with Crippen molar-refractivity contribution in [1.82, 2.24) is 10.3 Å². The van der Waals surface area contributed by atoms with Crippen molar-refractivity contribution in [3.05, 3.63) is 82.3 Å². The molecule has 29 heavy (non-hydrogen) atoms. The largest absolute Gasteiger partial charge is 0.451 e. The fourth-order valence-electron chi connectivity index (χ4n) is 3.05. The normalized spacial score (nSPS) is 11.1. The number of thiazole rings is 1. The summed E-state index contributed by atoms with van der Waals surface area (Å²) in [6.07, 6.45) is 0.418. The van der Waals surface area contributed by atoms with Crippen LogP contribution in [-0.2, 0) is 12.2 Å². The number of nitrogens with zero attached hydrogens (tertiary/aromatic N) is 1. The van der Waals surface area contributed by atoms with E-state index < -0.39 is 0 Å². The maximum atomic E-state index is 13.8. The number of thioether (sulfide) groups is 1. The number of furan rings is 1. The third-order valence-electron chi connectivity index (χ3n) is 4.48. The van der Waals surface area contributed by atoms with Gasteiger partial charge >= 0.3 is 0 Å². The van der Waals surface area contributed by atoms with Crippen molar-refractivity contribution in [2.24, 2.45) is 0 Å². The zero-order valence-corrected chi connectivity index (χ0v) is 17.4. The molecule has 4 nitrogen and oxygen atoms in total. The van der Waals surface area contributed by atoms with Gasteiger partial charge in [0.1, 0.15) is 15.7 Å². The number of fused-ring (bicyclic) bond motifs is 1. The Kier molecular flexibility index (Phi) is 5.97. The molecule has 2 heterocycles. The fraction of sp³-hybridized carbons (Fsp3) is 0.182. The minimum Gasteiger partial charge on any atom is -0.451 e. The number of benzene rings is 2. The van der Waals surface area contributed by atoms with E-state index in [1.165, 1.54) is 6.07 Å². The van der Waals surface area contributed by atoms with Gasteiger partial charge in [-0.1, -0.05) is 48.2 Å². The van der Waals surface area contributed by atoms with E-state index in [-0.39, 0.29) is 11.7 Å². The predicted molar refractivity (Wildman–Crippen MR) is 115 cm³/mol. The lowest BCUT2D eigenvalue weighted by Crippen LogP contribution is -2.26. The lowest BCUT2D eigenvalue weighted by molar-refractivity contribution is 0.0927. The van der Waals surface area contributed by atoms with Gasteiger partial charge in [0.25, 0.3) is 5.91 Å². The molecular formula is C22H19FN2O2S2. The Morgan fingerprint density at radius 1 is 1.21 bits per heavy atom. The van der Waals surface area contributed by atoms with Crippen molar-refractivity contribution in [1.29, 1.82) is 0 Å². The Labute approximate surface area is 176 Å². The van der Waals surface area contributed by atoms with Crippen LogP contribution in [0.2, 0.25) is 0 Å². The predicted octanol–water partition coefficient (Wildman–Crippen LogP) is 5.60. The summed E-state index contributed by atoms with van der Waals surface area (Å²) in [4.78, 5) is 17.3. The molecular weight excluding hydrogens is 407 g/mol. The van der Waals surface area contributed by atoms with E-state index in [0.717, 1.165) is 21.0 Å². The average molecular weight is 427 g/mol. The zero-order chi connectivity index (χ0) is 20.2. The molecule has 0 fully saturated rings. The van der Waals surface area contributed by atoms with E-state index in [2.05, 4.69) is 10.3 Å². The number of carbonyl (C=O) groups excluding carboxylic acids is 1.